The third kappa shape index (κ3) is 10.5. The van der Waals surface area contributed by atoms with Gasteiger partial charge in [0.05, 0.1) is 31.0 Å². The quantitative estimate of drug-likeness (QED) is 0.0867. The molecular formula is C25H44BFN3O7. The van der Waals surface area contributed by atoms with E-state index in [1.807, 2.05) is 19.9 Å². The lowest BCUT2D eigenvalue weighted by atomic mass is 9.68. The first kappa shape index (κ1) is 31.5. The van der Waals surface area contributed by atoms with Crippen LogP contribution >= 0.6 is 0 Å². The molecule has 0 aromatic heterocycles. The number of rotatable bonds is 17. The molecule has 3 N–H and O–H groups in total. The number of hydrogen-bond acceptors (Lipinski definition) is 8. The lowest BCUT2D eigenvalue weighted by molar-refractivity contribution is -0.172. The Bertz CT molecular complexity index is 748. The van der Waals surface area contributed by atoms with E-state index in [2.05, 4.69) is 34.7 Å². The molecule has 4 atom stereocenters. The van der Waals surface area contributed by atoms with Gasteiger partial charge in [0.25, 0.3) is 0 Å². The van der Waals surface area contributed by atoms with Crippen molar-refractivity contribution < 1.29 is 37.6 Å². The van der Waals surface area contributed by atoms with Crippen LogP contribution in [0.2, 0.25) is 0 Å². The minimum atomic E-state index is -0.529. The van der Waals surface area contributed by atoms with E-state index in [0.29, 0.717) is 32.7 Å². The van der Waals surface area contributed by atoms with Crippen molar-refractivity contribution in [3.8, 4) is 0 Å². The van der Waals surface area contributed by atoms with Crippen molar-refractivity contribution in [1.82, 2.24) is 16.1 Å². The number of carbonyl (C=O) groups excluding carboxylic acids is 2. The number of methoxy groups -OCH3 is 1. The molecule has 1 heterocycles. The molecule has 0 aromatic carbocycles. The smallest absolute Gasteiger partial charge is 0.443 e. The minimum Gasteiger partial charge on any atom is -0.443 e. The summed E-state index contributed by atoms with van der Waals surface area (Å²) >= 11 is 0. The Morgan fingerprint density at radius 1 is 1.16 bits per heavy atom. The number of halogens is 1. The van der Waals surface area contributed by atoms with Gasteiger partial charge in [-0.15, -0.1) is 0 Å². The molecule has 2 fully saturated rings. The van der Waals surface area contributed by atoms with Gasteiger partial charge in [-0.2, -0.15) is 0 Å². The zero-order valence-electron chi connectivity index (χ0n) is 22.9. The number of carbonyl (C=O) groups is 2. The Balaban J connectivity index is 1.71. The molecule has 0 bridgehead atoms. The number of epoxide rings is 1. The number of alkyl carbamates (subject to hydrolysis) is 1. The normalized spacial score (nSPS) is 24.9. The van der Waals surface area contributed by atoms with Crippen molar-refractivity contribution >= 4 is 19.8 Å². The van der Waals surface area contributed by atoms with Gasteiger partial charge in [-0.3, -0.25) is 9.11 Å². The predicted molar refractivity (Wildman–Crippen MR) is 137 cm³/mol. The molecule has 1 aliphatic heterocycles. The monoisotopic (exact) mass is 528 g/mol. The number of hydroxylamine groups is 1. The van der Waals surface area contributed by atoms with Gasteiger partial charge in [0.2, 0.25) is 5.91 Å². The van der Waals surface area contributed by atoms with Crippen molar-refractivity contribution in [2.75, 3.05) is 40.0 Å². The summed E-state index contributed by atoms with van der Waals surface area (Å²) in [5.74, 6) is -0.347. The number of amides is 2. The van der Waals surface area contributed by atoms with Gasteiger partial charge < -0.3 is 34.3 Å². The Labute approximate surface area is 221 Å². The van der Waals surface area contributed by atoms with Gasteiger partial charge >= 0.3 is 13.9 Å². The Kier molecular flexibility index (Phi) is 13.3. The zero-order valence-corrected chi connectivity index (χ0v) is 22.9. The third-order valence-corrected chi connectivity index (χ3v) is 6.91. The molecule has 12 heteroatoms. The molecule has 37 heavy (non-hydrogen) atoms. The second kappa shape index (κ2) is 15.6. The highest BCUT2D eigenvalue weighted by atomic mass is 19.1. The maximum Gasteiger partial charge on any atom is 0.553 e. The minimum absolute atomic E-state index is 0.0268. The van der Waals surface area contributed by atoms with E-state index >= 15 is 0 Å². The molecule has 1 spiro atoms. The van der Waals surface area contributed by atoms with E-state index in [-0.39, 0.29) is 43.9 Å². The van der Waals surface area contributed by atoms with Crippen molar-refractivity contribution in [1.29, 1.82) is 0 Å². The van der Waals surface area contributed by atoms with Crippen molar-refractivity contribution in [3.63, 3.8) is 0 Å². The molecule has 211 valence electrons. The van der Waals surface area contributed by atoms with Crippen molar-refractivity contribution in [2.24, 2.45) is 5.92 Å². The van der Waals surface area contributed by atoms with Crippen LogP contribution in [0, 0.1) is 5.92 Å². The molecule has 2 amide bonds. The predicted octanol–water partition coefficient (Wildman–Crippen LogP) is 2.74. The first-order chi connectivity index (χ1) is 17.6. The molecule has 1 saturated carbocycles. The first-order valence-corrected chi connectivity index (χ1v) is 13.1. The Morgan fingerprint density at radius 3 is 2.43 bits per heavy atom. The van der Waals surface area contributed by atoms with Crippen LogP contribution in [0.1, 0.15) is 66.2 Å². The van der Waals surface area contributed by atoms with E-state index in [4.69, 9.17) is 18.9 Å². The van der Waals surface area contributed by atoms with Gasteiger partial charge in [-0.1, -0.05) is 24.5 Å². The fraction of sp³-hybridized carbons (Fsp3) is 0.840. The number of unbranched alkanes of at least 4 members (excludes halogenated alkanes) is 3. The van der Waals surface area contributed by atoms with Gasteiger partial charge in [0.15, 0.2) is 0 Å². The van der Waals surface area contributed by atoms with Crippen molar-refractivity contribution in [3.05, 3.63) is 11.6 Å². The summed E-state index contributed by atoms with van der Waals surface area (Å²) in [5, 5.41) is 5.54. The van der Waals surface area contributed by atoms with E-state index in [9.17, 15) is 13.9 Å². The topological polar surface area (TPSA) is 120 Å². The molecule has 2 aliphatic rings. The van der Waals surface area contributed by atoms with Gasteiger partial charge in [-0.25, -0.2) is 10.3 Å². The van der Waals surface area contributed by atoms with E-state index in [0.717, 1.165) is 32.1 Å². The largest absolute Gasteiger partial charge is 0.553 e. The summed E-state index contributed by atoms with van der Waals surface area (Å²) in [5.41, 5.74) is 2.54. The summed E-state index contributed by atoms with van der Waals surface area (Å²) in [6.07, 6.45) is 5.75. The molecule has 1 aliphatic carbocycles. The lowest BCUT2D eigenvalue weighted by Gasteiger charge is -2.47. The third-order valence-electron chi connectivity index (χ3n) is 6.91. The second-order valence-corrected chi connectivity index (χ2v) is 10.4. The van der Waals surface area contributed by atoms with Crippen LogP contribution in [0.25, 0.3) is 0 Å². The van der Waals surface area contributed by atoms with Crippen LogP contribution < -0.4 is 16.1 Å². The number of allylic oxidation sites excluding steroid dienone is 1. The van der Waals surface area contributed by atoms with E-state index < -0.39 is 11.7 Å². The summed E-state index contributed by atoms with van der Waals surface area (Å²) in [7, 11) is 1.62. The van der Waals surface area contributed by atoms with Crippen LogP contribution in [0.15, 0.2) is 11.6 Å². The molecule has 1 saturated heterocycles. The number of ether oxygens (including phenoxy) is 4. The van der Waals surface area contributed by atoms with E-state index in [1.54, 1.807) is 7.11 Å². The fourth-order valence-electron chi connectivity index (χ4n) is 4.99. The summed E-state index contributed by atoms with van der Waals surface area (Å²) < 4.78 is 39.7. The molecular weight excluding hydrogens is 484 g/mol. The fourth-order valence-corrected chi connectivity index (χ4v) is 4.99. The lowest BCUT2D eigenvalue weighted by Crippen LogP contribution is -2.59. The van der Waals surface area contributed by atoms with Crippen LogP contribution in [0.4, 0.5) is 9.11 Å². The summed E-state index contributed by atoms with van der Waals surface area (Å²) in [6, 6.07) is 0. The maximum atomic E-state index is 12.5. The Hall–Kier alpha value is -1.73. The maximum absolute atomic E-state index is 12.5. The van der Waals surface area contributed by atoms with Crippen LogP contribution in [-0.2, 0) is 28.5 Å². The SMILES string of the molecule is COC1C(OC(=O)NCCCCCCNC(=O)CNO[B]F)CC[C@]2(CO2)C1C(C)(C)OCC=C(C)C. The van der Waals surface area contributed by atoms with Gasteiger partial charge in [0, 0.05) is 26.1 Å². The van der Waals surface area contributed by atoms with Crippen LogP contribution in [0.5, 0.6) is 0 Å². The average molecular weight is 528 g/mol. The first-order valence-electron chi connectivity index (χ1n) is 13.1. The summed E-state index contributed by atoms with van der Waals surface area (Å²) in [6.45, 7) is 10.3. The molecule has 1 radical (unpaired) electrons. The molecule has 10 nitrogen and oxygen atoms in total. The highest BCUT2D eigenvalue weighted by Crippen LogP contribution is 2.52. The summed E-state index contributed by atoms with van der Waals surface area (Å²) in [4.78, 5) is 24.0. The average Bonchev–Trinajstić information content (AvgIpc) is 3.60. The Morgan fingerprint density at radius 2 is 1.84 bits per heavy atom. The molecule has 2 rings (SSSR count). The highest BCUT2D eigenvalue weighted by molar-refractivity contribution is 6.16. The number of nitrogens with one attached hydrogen (secondary N) is 3. The molecule has 3 unspecified atom stereocenters. The standard InChI is InChI=1S/C25H44BFN3O7/c1-18(2)11-15-34-24(3,4)22-21(33-5)19(10-12-25(22)17-35-25)36-23(32)29-14-9-7-6-8-13-28-20(31)16-30-37-26-27/h11,19,21-22,30H,6-10,12-17H2,1-5H3,(H,28,31)(H,29,32)/t19?,21?,22?,25-/m0/s1. The van der Waals surface area contributed by atoms with Crippen LogP contribution in [-0.4, -0.2) is 83.1 Å². The van der Waals surface area contributed by atoms with Crippen molar-refractivity contribution in [2.45, 2.75) is 89.6 Å². The van der Waals surface area contributed by atoms with Gasteiger partial charge in [-0.05, 0) is 53.4 Å². The van der Waals surface area contributed by atoms with E-state index in [1.165, 1.54) is 5.57 Å². The highest BCUT2D eigenvalue weighted by Gasteiger charge is 2.64. The van der Waals surface area contributed by atoms with Gasteiger partial charge in [0.1, 0.15) is 12.2 Å². The second-order valence-electron chi connectivity index (χ2n) is 10.4. The molecule has 0 aromatic rings. The van der Waals surface area contributed by atoms with Crippen LogP contribution in [0.3, 0.4) is 0 Å². The zero-order chi connectivity index (χ0) is 27.3. The number of hydrogen-bond donors (Lipinski definition) is 3.